The number of nitrogens with zero attached hydrogens (tertiary/aromatic N) is 1. The Labute approximate surface area is 176 Å². The molecule has 1 aliphatic rings. The van der Waals surface area contributed by atoms with Crippen LogP contribution in [0.2, 0.25) is 0 Å². The molecular weight excluding hydrogens is 377 g/mol. The quantitative estimate of drug-likeness (QED) is 0.347. The van der Waals surface area contributed by atoms with Crippen molar-refractivity contribution in [3.8, 4) is 5.75 Å². The molecule has 4 aromatic rings. The van der Waals surface area contributed by atoms with Gasteiger partial charge in [0, 0.05) is 34.9 Å². The summed E-state index contributed by atoms with van der Waals surface area (Å²) in [7, 11) is 0. The van der Waals surface area contributed by atoms with Crippen molar-refractivity contribution in [1.29, 1.82) is 0 Å². The summed E-state index contributed by atoms with van der Waals surface area (Å²) in [5, 5.41) is 1.92. The van der Waals surface area contributed by atoms with Gasteiger partial charge in [0.25, 0.3) is 0 Å². The summed E-state index contributed by atoms with van der Waals surface area (Å²) in [6.07, 6.45) is 3.58. The highest BCUT2D eigenvalue weighted by atomic mass is 19.1. The van der Waals surface area contributed by atoms with Crippen molar-refractivity contribution in [3.63, 3.8) is 0 Å². The minimum absolute atomic E-state index is 0.114. The number of fused-ring (bicyclic) bond motifs is 3. The Morgan fingerprint density at radius 1 is 0.967 bits per heavy atom. The van der Waals surface area contributed by atoms with Crippen molar-refractivity contribution in [1.82, 2.24) is 0 Å². The average Bonchev–Trinajstić information content (AvgIpc) is 3.12. The zero-order chi connectivity index (χ0) is 20.6. The van der Waals surface area contributed by atoms with Crippen LogP contribution in [-0.4, -0.2) is 23.8 Å². The summed E-state index contributed by atoms with van der Waals surface area (Å²) in [5.74, 6) is 0.532. The van der Waals surface area contributed by atoms with Gasteiger partial charge in [-0.25, -0.2) is 4.39 Å². The van der Waals surface area contributed by atoms with E-state index in [-0.39, 0.29) is 12.0 Å². The monoisotopic (exact) mass is 404 g/mol. The summed E-state index contributed by atoms with van der Waals surface area (Å²) in [4.78, 5) is 0. The highest BCUT2D eigenvalue weighted by molar-refractivity contribution is 6.05. The molecule has 5 rings (SSSR count). The van der Waals surface area contributed by atoms with E-state index in [0.717, 1.165) is 52.6 Å². The van der Waals surface area contributed by atoms with Crippen LogP contribution in [-0.2, 0) is 6.54 Å². The van der Waals surface area contributed by atoms with Gasteiger partial charge in [-0.2, -0.15) is 0 Å². The zero-order valence-electron chi connectivity index (χ0n) is 17.3. The van der Waals surface area contributed by atoms with Crippen molar-refractivity contribution in [3.05, 3.63) is 78.1 Å². The van der Waals surface area contributed by atoms with Crippen LogP contribution in [0, 0.1) is 5.82 Å². The summed E-state index contributed by atoms with van der Waals surface area (Å²) in [6.45, 7) is 5.41. The molecule has 0 saturated carbocycles. The Bertz CT molecular complexity index is 1170. The lowest BCUT2D eigenvalue weighted by Crippen LogP contribution is -2.59. The number of quaternary nitrogens is 1. The predicted molar refractivity (Wildman–Crippen MR) is 118 cm³/mol. The van der Waals surface area contributed by atoms with E-state index in [9.17, 15) is 4.39 Å². The fraction of sp³-hybridized carbons (Fsp3) is 0.308. The molecule has 1 saturated heterocycles. The highest BCUT2D eigenvalue weighted by Crippen LogP contribution is 2.35. The number of halogens is 1. The van der Waals surface area contributed by atoms with E-state index in [2.05, 4.69) is 37.3 Å². The Kier molecular flexibility index (Phi) is 4.95. The molecule has 0 spiro atoms. The molecule has 0 radical (unpaired) electrons. The van der Waals surface area contributed by atoms with Gasteiger partial charge >= 0.3 is 0 Å². The SMILES string of the molecule is CC[N+]1(Cc2ccccc2)CCCCC1Oc1ccc2c(c1)oc1cc(F)ccc12. The van der Waals surface area contributed by atoms with E-state index in [0.29, 0.717) is 5.58 Å². The first-order chi connectivity index (χ1) is 14.7. The maximum atomic E-state index is 13.6. The van der Waals surface area contributed by atoms with Crippen molar-refractivity contribution in [2.75, 3.05) is 13.1 Å². The van der Waals surface area contributed by atoms with Gasteiger partial charge in [-0.05, 0) is 44.0 Å². The first-order valence-electron chi connectivity index (χ1n) is 10.8. The molecule has 0 amide bonds. The number of piperidine rings is 1. The molecule has 3 aromatic carbocycles. The van der Waals surface area contributed by atoms with Gasteiger partial charge in [-0.1, -0.05) is 30.3 Å². The van der Waals surface area contributed by atoms with Crippen LogP contribution in [0.25, 0.3) is 21.9 Å². The number of hydrogen-bond donors (Lipinski definition) is 0. The second-order valence-corrected chi connectivity index (χ2v) is 8.37. The molecule has 2 unspecified atom stereocenters. The fourth-order valence-corrected chi connectivity index (χ4v) is 4.90. The molecule has 4 heteroatoms. The molecule has 1 fully saturated rings. The Morgan fingerprint density at radius 3 is 2.53 bits per heavy atom. The van der Waals surface area contributed by atoms with Crippen LogP contribution in [0.15, 0.2) is 71.1 Å². The lowest BCUT2D eigenvalue weighted by molar-refractivity contribution is -0.983. The first-order valence-corrected chi connectivity index (χ1v) is 10.8. The molecule has 154 valence electrons. The number of ether oxygens (including phenoxy) is 1. The summed E-state index contributed by atoms with van der Waals surface area (Å²) in [5.41, 5.74) is 2.66. The lowest BCUT2D eigenvalue weighted by Gasteiger charge is -2.46. The number of hydrogen-bond acceptors (Lipinski definition) is 2. The van der Waals surface area contributed by atoms with Crippen molar-refractivity contribution in [2.45, 2.75) is 39.0 Å². The number of rotatable bonds is 5. The van der Waals surface area contributed by atoms with E-state index >= 15 is 0 Å². The molecule has 30 heavy (non-hydrogen) atoms. The summed E-state index contributed by atoms with van der Waals surface area (Å²) < 4.78 is 27.0. The maximum absolute atomic E-state index is 13.6. The van der Waals surface area contributed by atoms with Gasteiger partial charge in [-0.3, -0.25) is 4.48 Å². The van der Waals surface area contributed by atoms with E-state index in [4.69, 9.17) is 9.15 Å². The molecule has 2 heterocycles. The maximum Gasteiger partial charge on any atom is 0.233 e. The fourth-order valence-electron chi connectivity index (χ4n) is 4.90. The summed E-state index contributed by atoms with van der Waals surface area (Å²) >= 11 is 0. The molecule has 0 aliphatic carbocycles. The van der Waals surface area contributed by atoms with Gasteiger partial charge in [0.15, 0.2) is 0 Å². The number of benzene rings is 3. The first kappa shape index (κ1) is 19.1. The minimum atomic E-state index is -0.286. The van der Waals surface area contributed by atoms with Crippen LogP contribution in [0.4, 0.5) is 4.39 Å². The third-order valence-electron chi connectivity index (χ3n) is 6.56. The van der Waals surface area contributed by atoms with Crippen molar-refractivity contribution >= 4 is 21.9 Å². The standard InChI is InChI=1S/C26H27FNO2/c1-2-28(18-19-8-4-3-5-9-19)15-7-6-10-26(28)29-21-12-14-23-22-13-11-20(27)16-24(22)30-25(23)17-21/h3-5,8-9,11-14,16-17,26H,2,6-7,10,15,18H2,1H3/q+1. The Morgan fingerprint density at radius 2 is 1.73 bits per heavy atom. The highest BCUT2D eigenvalue weighted by Gasteiger charge is 2.39. The largest absolute Gasteiger partial charge is 0.456 e. The molecule has 0 bridgehead atoms. The number of likely N-dealkylation sites (tertiary alicyclic amines) is 1. The lowest BCUT2D eigenvalue weighted by atomic mass is 10.0. The van der Waals surface area contributed by atoms with Crippen LogP contribution < -0.4 is 4.74 Å². The molecule has 3 nitrogen and oxygen atoms in total. The van der Waals surface area contributed by atoms with Gasteiger partial charge in [0.1, 0.15) is 29.3 Å². The average molecular weight is 405 g/mol. The van der Waals surface area contributed by atoms with Gasteiger partial charge < -0.3 is 9.15 Å². The van der Waals surface area contributed by atoms with E-state index in [1.54, 1.807) is 6.07 Å². The minimum Gasteiger partial charge on any atom is -0.456 e. The molecule has 1 aliphatic heterocycles. The normalized spacial score (nSPS) is 21.9. The molecule has 1 aromatic heterocycles. The molecular formula is C26H27FNO2+. The third kappa shape index (κ3) is 3.46. The second-order valence-electron chi connectivity index (χ2n) is 8.37. The van der Waals surface area contributed by atoms with Crippen LogP contribution in [0.1, 0.15) is 31.7 Å². The van der Waals surface area contributed by atoms with Crippen LogP contribution >= 0.6 is 0 Å². The van der Waals surface area contributed by atoms with Gasteiger partial charge in [-0.15, -0.1) is 0 Å². The topological polar surface area (TPSA) is 22.4 Å². The van der Waals surface area contributed by atoms with Crippen molar-refractivity contribution in [2.24, 2.45) is 0 Å². The Hall–Kier alpha value is -2.85. The second kappa shape index (κ2) is 7.77. The van der Waals surface area contributed by atoms with Gasteiger partial charge in [0.05, 0.1) is 13.1 Å². The predicted octanol–water partition coefficient (Wildman–Crippen LogP) is 6.65. The zero-order valence-corrected chi connectivity index (χ0v) is 17.3. The van der Waals surface area contributed by atoms with E-state index in [1.807, 2.05) is 18.2 Å². The van der Waals surface area contributed by atoms with Crippen LogP contribution in [0.3, 0.4) is 0 Å². The summed E-state index contributed by atoms with van der Waals surface area (Å²) in [6, 6.07) is 21.4. The smallest absolute Gasteiger partial charge is 0.233 e. The third-order valence-corrected chi connectivity index (χ3v) is 6.56. The van der Waals surface area contributed by atoms with E-state index in [1.165, 1.54) is 30.5 Å². The van der Waals surface area contributed by atoms with Gasteiger partial charge in [0.2, 0.25) is 6.23 Å². The molecule has 2 atom stereocenters. The van der Waals surface area contributed by atoms with E-state index < -0.39 is 0 Å². The Balaban J connectivity index is 1.46. The molecule has 0 N–H and O–H groups in total. The van der Waals surface area contributed by atoms with Crippen molar-refractivity contribution < 1.29 is 18.0 Å². The van der Waals surface area contributed by atoms with Crippen LogP contribution in [0.5, 0.6) is 5.75 Å². The number of furan rings is 1.